The second-order valence-electron chi connectivity index (χ2n) is 7.00. The van der Waals surface area contributed by atoms with Gasteiger partial charge < -0.3 is 19.5 Å². The van der Waals surface area contributed by atoms with E-state index in [1.54, 1.807) is 48.5 Å². The molecular weight excluding hydrogens is 428 g/mol. The minimum Gasteiger partial charge on any atom is -0.459 e. The summed E-state index contributed by atoms with van der Waals surface area (Å²) in [5, 5.41) is 6.14. The molecule has 0 unspecified atom stereocenters. The van der Waals surface area contributed by atoms with Gasteiger partial charge in [0, 0.05) is 28.0 Å². The molecule has 160 valence electrons. The van der Waals surface area contributed by atoms with Gasteiger partial charge in [-0.05, 0) is 73.2 Å². The molecule has 2 amide bonds. The van der Waals surface area contributed by atoms with Gasteiger partial charge in [0.1, 0.15) is 11.5 Å². The standard InChI is InChI=1S/C25H19ClN2O4/c1-16-4-5-17(15-21(16)26)22-12-10-20(32-22)11-13-24(29)27-18-6-8-19(9-7-18)28-25(30)23-3-2-14-31-23/h2-15H,1H3,(H,27,29)(H,28,30)/b13-11+. The predicted molar refractivity (Wildman–Crippen MR) is 125 cm³/mol. The summed E-state index contributed by atoms with van der Waals surface area (Å²) in [4.78, 5) is 24.2. The van der Waals surface area contributed by atoms with Crippen LogP contribution >= 0.6 is 11.6 Å². The third-order valence-electron chi connectivity index (χ3n) is 4.64. The molecule has 32 heavy (non-hydrogen) atoms. The van der Waals surface area contributed by atoms with Crippen LogP contribution in [0.3, 0.4) is 0 Å². The van der Waals surface area contributed by atoms with Crippen molar-refractivity contribution in [2.24, 2.45) is 0 Å². The Kier molecular flexibility index (Phi) is 6.24. The Bertz CT molecular complexity index is 1270. The number of hydrogen-bond acceptors (Lipinski definition) is 4. The van der Waals surface area contributed by atoms with E-state index in [2.05, 4.69) is 10.6 Å². The maximum absolute atomic E-state index is 12.2. The first kappa shape index (κ1) is 21.2. The van der Waals surface area contributed by atoms with Gasteiger partial charge in [0.25, 0.3) is 5.91 Å². The van der Waals surface area contributed by atoms with Crippen molar-refractivity contribution in [2.45, 2.75) is 6.92 Å². The zero-order chi connectivity index (χ0) is 22.5. The number of amides is 2. The monoisotopic (exact) mass is 446 g/mol. The molecule has 0 spiro atoms. The van der Waals surface area contributed by atoms with Crippen LogP contribution in [0.25, 0.3) is 17.4 Å². The van der Waals surface area contributed by atoms with Crippen LogP contribution in [0, 0.1) is 6.92 Å². The fraction of sp³-hybridized carbons (Fsp3) is 0.0400. The largest absolute Gasteiger partial charge is 0.459 e. The molecule has 7 heteroatoms. The lowest BCUT2D eigenvalue weighted by molar-refractivity contribution is -0.111. The minimum absolute atomic E-state index is 0.221. The molecule has 2 N–H and O–H groups in total. The van der Waals surface area contributed by atoms with E-state index in [1.165, 1.54) is 12.3 Å². The number of benzene rings is 2. The highest BCUT2D eigenvalue weighted by Gasteiger charge is 2.09. The van der Waals surface area contributed by atoms with Crippen LogP contribution in [-0.4, -0.2) is 11.8 Å². The van der Waals surface area contributed by atoms with E-state index in [1.807, 2.05) is 31.2 Å². The van der Waals surface area contributed by atoms with Crippen LogP contribution in [0.2, 0.25) is 5.02 Å². The van der Waals surface area contributed by atoms with E-state index in [-0.39, 0.29) is 17.6 Å². The van der Waals surface area contributed by atoms with E-state index in [0.717, 1.165) is 11.1 Å². The van der Waals surface area contributed by atoms with Gasteiger partial charge in [-0.15, -0.1) is 0 Å². The van der Waals surface area contributed by atoms with Gasteiger partial charge in [-0.1, -0.05) is 23.7 Å². The van der Waals surface area contributed by atoms with E-state index in [0.29, 0.717) is 27.9 Å². The number of hydrogen-bond donors (Lipinski definition) is 2. The van der Waals surface area contributed by atoms with Crippen molar-refractivity contribution < 1.29 is 18.4 Å². The molecule has 0 radical (unpaired) electrons. The van der Waals surface area contributed by atoms with Gasteiger partial charge in [-0.2, -0.15) is 0 Å². The van der Waals surface area contributed by atoms with Gasteiger partial charge in [0.15, 0.2) is 5.76 Å². The average molecular weight is 447 g/mol. The van der Waals surface area contributed by atoms with Gasteiger partial charge in [-0.25, -0.2) is 0 Å². The lowest BCUT2D eigenvalue weighted by Gasteiger charge is -2.05. The molecule has 0 aliphatic rings. The Morgan fingerprint density at radius 3 is 2.38 bits per heavy atom. The smallest absolute Gasteiger partial charge is 0.291 e. The molecule has 4 aromatic rings. The molecule has 6 nitrogen and oxygen atoms in total. The van der Waals surface area contributed by atoms with Crippen molar-refractivity contribution in [3.05, 3.63) is 101 Å². The molecule has 0 fully saturated rings. The third kappa shape index (κ3) is 5.17. The molecule has 4 rings (SSSR count). The first-order valence-electron chi connectivity index (χ1n) is 9.78. The second-order valence-corrected chi connectivity index (χ2v) is 7.40. The summed E-state index contributed by atoms with van der Waals surface area (Å²) in [5.74, 6) is 0.773. The first-order chi connectivity index (χ1) is 15.5. The molecule has 0 saturated heterocycles. The van der Waals surface area contributed by atoms with Crippen molar-refractivity contribution in [1.82, 2.24) is 0 Å². The molecule has 0 bridgehead atoms. The Morgan fingerprint density at radius 2 is 1.69 bits per heavy atom. The summed E-state index contributed by atoms with van der Waals surface area (Å²) < 4.78 is 10.8. The van der Waals surface area contributed by atoms with Crippen molar-refractivity contribution in [1.29, 1.82) is 0 Å². The van der Waals surface area contributed by atoms with Gasteiger partial charge >= 0.3 is 0 Å². The fourth-order valence-corrected chi connectivity index (χ4v) is 3.10. The third-order valence-corrected chi connectivity index (χ3v) is 5.04. The highest BCUT2D eigenvalue weighted by Crippen LogP contribution is 2.27. The molecule has 0 aliphatic heterocycles. The SMILES string of the molecule is Cc1ccc(-c2ccc(/C=C/C(=O)Nc3ccc(NC(=O)c4ccco4)cc3)o2)cc1Cl. The number of carbonyl (C=O) groups excluding carboxylic acids is 2. The van der Waals surface area contributed by atoms with Crippen molar-refractivity contribution in [3.8, 4) is 11.3 Å². The Morgan fingerprint density at radius 1 is 0.938 bits per heavy atom. The van der Waals surface area contributed by atoms with E-state index in [4.69, 9.17) is 20.4 Å². The molecule has 0 saturated carbocycles. The lowest BCUT2D eigenvalue weighted by atomic mass is 10.1. The van der Waals surface area contributed by atoms with E-state index >= 15 is 0 Å². The van der Waals surface area contributed by atoms with E-state index in [9.17, 15) is 9.59 Å². The lowest BCUT2D eigenvalue weighted by Crippen LogP contribution is -2.11. The Labute approximate surface area is 189 Å². The zero-order valence-corrected chi connectivity index (χ0v) is 17.8. The van der Waals surface area contributed by atoms with Crippen molar-refractivity contribution in [2.75, 3.05) is 10.6 Å². The number of aryl methyl sites for hydroxylation is 1. The van der Waals surface area contributed by atoms with Gasteiger partial charge in [0.05, 0.1) is 6.26 Å². The van der Waals surface area contributed by atoms with Crippen molar-refractivity contribution >= 4 is 40.9 Å². The number of furan rings is 2. The van der Waals surface area contributed by atoms with E-state index < -0.39 is 0 Å². The Balaban J connectivity index is 1.34. The molecule has 2 aromatic heterocycles. The number of halogens is 1. The summed E-state index contributed by atoms with van der Waals surface area (Å²) in [6.45, 7) is 1.94. The molecule has 0 aliphatic carbocycles. The number of rotatable bonds is 6. The predicted octanol–water partition coefficient (Wildman–Crippen LogP) is 6.41. The molecular formula is C25H19ClN2O4. The number of nitrogens with one attached hydrogen (secondary N) is 2. The van der Waals surface area contributed by atoms with Gasteiger partial charge in [0.2, 0.25) is 5.91 Å². The Hall–Kier alpha value is -4.03. The quantitative estimate of drug-likeness (QED) is 0.335. The topological polar surface area (TPSA) is 84.5 Å². The summed E-state index contributed by atoms with van der Waals surface area (Å²) in [5.41, 5.74) is 3.03. The zero-order valence-electron chi connectivity index (χ0n) is 17.1. The molecule has 2 aromatic carbocycles. The molecule has 0 atom stereocenters. The van der Waals surface area contributed by atoms with Crippen molar-refractivity contribution in [3.63, 3.8) is 0 Å². The number of anilines is 2. The maximum Gasteiger partial charge on any atom is 0.291 e. The number of carbonyl (C=O) groups is 2. The minimum atomic E-state index is -0.347. The first-order valence-corrected chi connectivity index (χ1v) is 10.2. The van der Waals surface area contributed by atoms with Crippen LogP contribution in [-0.2, 0) is 4.79 Å². The highest BCUT2D eigenvalue weighted by molar-refractivity contribution is 6.31. The summed E-state index contributed by atoms with van der Waals surface area (Å²) >= 11 is 6.17. The maximum atomic E-state index is 12.2. The molecule has 2 heterocycles. The summed E-state index contributed by atoms with van der Waals surface area (Å²) in [6, 6.07) is 19.3. The van der Waals surface area contributed by atoms with Crippen LogP contribution < -0.4 is 10.6 Å². The average Bonchev–Trinajstić information content (AvgIpc) is 3.48. The summed E-state index contributed by atoms with van der Waals surface area (Å²) in [6.07, 6.45) is 4.41. The van der Waals surface area contributed by atoms with Crippen LogP contribution in [0.4, 0.5) is 11.4 Å². The van der Waals surface area contributed by atoms with Crippen LogP contribution in [0.15, 0.2) is 87.9 Å². The van der Waals surface area contributed by atoms with Crippen LogP contribution in [0.5, 0.6) is 0 Å². The summed E-state index contributed by atoms with van der Waals surface area (Å²) in [7, 11) is 0. The highest BCUT2D eigenvalue weighted by atomic mass is 35.5. The second kappa shape index (κ2) is 9.41. The van der Waals surface area contributed by atoms with Gasteiger partial charge in [-0.3, -0.25) is 9.59 Å². The van der Waals surface area contributed by atoms with Crippen LogP contribution in [0.1, 0.15) is 21.9 Å². The normalized spacial score (nSPS) is 10.9. The fourth-order valence-electron chi connectivity index (χ4n) is 2.92.